The van der Waals surface area contributed by atoms with Crippen LogP contribution in [0.15, 0.2) is 18.2 Å². The Labute approximate surface area is 128 Å². The first-order valence-corrected chi connectivity index (χ1v) is 7.26. The van der Waals surface area contributed by atoms with Crippen molar-refractivity contribution in [1.82, 2.24) is 5.32 Å². The van der Waals surface area contributed by atoms with Gasteiger partial charge in [-0.3, -0.25) is 9.59 Å². The molecule has 1 aromatic carbocycles. The van der Waals surface area contributed by atoms with Gasteiger partial charge in [-0.15, -0.1) is 0 Å². The van der Waals surface area contributed by atoms with Crippen molar-refractivity contribution < 1.29 is 19.4 Å². The predicted molar refractivity (Wildman–Crippen MR) is 78.3 cm³/mol. The van der Waals surface area contributed by atoms with E-state index in [-0.39, 0.29) is 35.1 Å². The van der Waals surface area contributed by atoms with Gasteiger partial charge in [-0.2, -0.15) is 0 Å². The zero-order chi connectivity index (χ0) is 15.4. The lowest BCUT2D eigenvalue weighted by Crippen LogP contribution is -2.38. The lowest BCUT2D eigenvalue weighted by atomic mass is 9.86. The minimum Gasteiger partial charge on any atom is -0.507 e. The third kappa shape index (κ3) is 3.88. The summed E-state index contributed by atoms with van der Waals surface area (Å²) in [5, 5.41) is 13.0. The molecule has 1 aliphatic carbocycles. The Morgan fingerprint density at radius 3 is 2.52 bits per heavy atom. The summed E-state index contributed by atoms with van der Waals surface area (Å²) in [5.41, 5.74) is 0.203. The number of halogens is 1. The first kappa shape index (κ1) is 15.6. The van der Waals surface area contributed by atoms with Crippen LogP contribution in [0.4, 0.5) is 0 Å². The lowest BCUT2D eigenvalue weighted by molar-refractivity contribution is -0.146. The molecule has 0 heterocycles. The average Bonchev–Trinajstić information content (AvgIpc) is 2.47. The topological polar surface area (TPSA) is 75.6 Å². The van der Waals surface area contributed by atoms with E-state index in [9.17, 15) is 14.7 Å². The number of benzene rings is 1. The number of rotatable bonds is 3. The molecule has 1 fully saturated rings. The van der Waals surface area contributed by atoms with Crippen LogP contribution in [0.3, 0.4) is 0 Å². The summed E-state index contributed by atoms with van der Waals surface area (Å²) in [6.45, 7) is 0. The summed E-state index contributed by atoms with van der Waals surface area (Å²) < 4.78 is 4.73. The quantitative estimate of drug-likeness (QED) is 0.841. The molecule has 0 radical (unpaired) electrons. The molecule has 0 aromatic heterocycles. The summed E-state index contributed by atoms with van der Waals surface area (Å²) in [7, 11) is 1.39. The smallest absolute Gasteiger partial charge is 0.308 e. The van der Waals surface area contributed by atoms with Crippen LogP contribution in [-0.4, -0.2) is 30.1 Å². The Kier molecular flexibility index (Phi) is 5.07. The molecule has 1 aliphatic rings. The van der Waals surface area contributed by atoms with Gasteiger partial charge in [-0.25, -0.2) is 0 Å². The van der Waals surface area contributed by atoms with E-state index in [0.717, 1.165) is 12.8 Å². The van der Waals surface area contributed by atoms with E-state index in [1.165, 1.54) is 19.2 Å². The molecule has 2 rings (SSSR count). The van der Waals surface area contributed by atoms with Gasteiger partial charge in [0.25, 0.3) is 5.91 Å². The fraction of sp³-hybridized carbons (Fsp3) is 0.467. The molecule has 0 unspecified atom stereocenters. The van der Waals surface area contributed by atoms with E-state index < -0.39 is 0 Å². The highest BCUT2D eigenvalue weighted by Gasteiger charge is 2.28. The van der Waals surface area contributed by atoms with E-state index in [1.54, 1.807) is 6.07 Å². The van der Waals surface area contributed by atoms with Crippen molar-refractivity contribution in [3.05, 3.63) is 28.8 Å². The number of carbonyl (C=O) groups excluding carboxylic acids is 2. The van der Waals surface area contributed by atoms with Crippen molar-refractivity contribution in [2.75, 3.05) is 7.11 Å². The Hall–Kier alpha value is -1.75. The number of ether oxygens (including phenoxy) is 1. The molecule has 5 nitrogen and oxygen atoms in total. The maximum atomic E-state index is 12.1. The first-order valence-electron chi connectivity index (χ1n) is 6.88. The second kappa shape index (κ2) is 6.80. The molecule has 0 bridgehead atoms. The third-order valence-electron chi connectivity index (χ3n) is 3.80. The molecule has 1 aromatic rings. The Morgan fingerprint density at radius 2 is 1.95 bits per heavy atom. The third-order valence-corrected chi connectivity index (χ3v) is 4.04. The number of carbonyl (C=O) groups is 2. The lowest BCUT2D eigenvalue weighted by Gasteiger charge is -2.27. The molecular weight excluding hydrogens is 294 g/mol. The van der Waals surface area contributed by atoms with E-state index >= 15 is 0 Å². The highest BCUT2D eigenvalue weighted by molar-refractivity contribution is 6.30. The predicted octanol–water partition coefficient (Wildman–Crippen LogP) is 2.51. The number of amides is 1. The Bertz CT molecular complexity index is 538. The molecule has 2 N–H and O–H groups in total. The minimum absolute atomic E-state index is 0.00786. The summed E-state index contributed by atoms with van der Waals surface area (Å²) in [4.78, 5) is 23.5. The minimum atomic E-state index is -0.328. The van der Waals surface area contributed by atoms with Crippen LogP contribution in [0.2, 0.25) is 5.02 Å². The van der Waals surface area contributed by atoms with Gasteiger partial charge in [0.05, 0.1) is 18.6 Å². The first-order chi connectivity index (χ1) is 10.0. The number of hydrogen-bond donors (Lipinski definition) is 2. The van der Waals surface area contributed by atoms with E-state index in [0.29, 0.717) is 17.9 Å². The molecule has 0 spiro atoms. The summed E-state index contributed by atoms with van der Waals surface area (Å²) >= 11 is 5.74. The van der Waals surface area contributed by atoms with Crippen molar-refractivity contribution in [1.29, 1.82) is 0 Å². The largest absolute Gasteiger partial charge is 0.507 e. The molecule has 1 saturated carbocycles. The van der Waals surface area contributed by atoms with Crippen molar-refractivity contribution in [3.8, 4) is 5.75 Å². The number of phenolic OH excluding ortho intramolecular Hbond substituents is 1. The van der Waals surface area contributed by atoms with Crippen LogP contribution in [0.5, 0.6) is 5.75 Å². The maximum absolute atomic E-state index is 12.1. The normalized spacial score (nSPS) is 21.6. The highest BCUT2D eigenvalue weighted by atomic mass is 35.5. The number of methoxy groups -OCH3 is 1. The van der Waals surface area contributed by atoms with Gasteiger partial charge in [0.15, 0.2) is 0 Å². The number of aromatic hydroxyl groups is 1. The van der Waals surface area contributed by atoms with Crippen molar-refractivity contribution in [2.45, 2.75) is 31.7 Å². The number of hydrogen-bond acceptors (Lipinski definition) is 4. The van der Waals surface area contributed by atoms with Crippen LogP contribution >= 0.6 is 11.6 Å². The summed E-state index contributed by atoms with van der Waals surface area (Å²) in [6, 6.07) is 4.40. The zero-order valence-corrected chi connectivity index (χ0v) is 12.5. The van der Waals surface area contributed by atoms with Gasteiger partial charge < -0.3 is 15.2 Å². The van der Waals surface area contributed by atoms with Gasteiger partial charge in [0.1, 0.15) is 5.75 Å². The molecule has 114 valence electrons. The van der Waals surface area contributed by atoms with Crippen molar-refractivity contribution in [3.63, 3.8) is 0 Å². The maximum Gasteiger partial charge on any atom is 0.308 e. The molecule has 21 heavy (non-hydrogen) atoms. The van der Waals surface area contributed by atoms with E-state index in [4.69, 9.17) is 16.3 Å². The van der Waals surface area contributed by atoms with Crippen LogP contribution in [0, 0.1) is 5.92 Å². The Balaban J connectivity index is 1.91. The average molecular weight is 312 g/mol. The van der Waals surface area contributed by atoms with Crippen molar-refractivity contribution >= 4 is 23.5 Å². The number of esters is 1. The van der Waals surface area contributed by atoms with Gasteiger partial charge in [0.2, 0.25) is 0 Å². The second-order valence-corrected chi connectivity index (χ2v) is 5.64. The van der Waals surface area contributed by atoms with Crippen LogP contribution in [0.25, 0.3) is 0 Å². The monoisotopic (exact) mass is 311 g/mol. The van der Waals surface area contributed by atoms with Gasteiger partial charge in [-0.05, 0) is 43.9 Å². The zero-order valence-electron chi connectivity index (χ0n) is 11.8. The van der Waals surface area contributed by atoms with E-state index in [2.05, 4.69) is 5.32 Å². The van der Waals surface area contributed by atoms with Gasteiger partial charge >= 0.3 is 5.97 Å². The van der Waals surface area contributed by atoms with Crippen molar-refractivity contribution in [2.24, 2.45) is 5.92 Å². The molecule has 0 aliphatic heterocycles. The SMILES string of the molecule is COC(=O)C1CCC(NC(=O)c2ccc(Cl)cc2O)CC1. The summed E-state index contributed by atoms with van der Waals surface area (Å²) in [6.07, 6.45) is 2.84. The van der Waals surface area contributed by atoms with Crippen LogP contribution in [0.1, 0.15) is 36.0 Å². The molecular formula is C15H18ClNO4. The fourth-order valence-electron chi connectivity index (χ4n) is 2.60. The van der Waals surface area contributed by atoms with Crippen LogP contribution in [-0.2, 0) is 9.53 Å². The molecule has 1 amide bonds. The summed E-state index contributed by atoms with van der Waals surface area (Å²) in [5.74, 6) is -0.726. The number of nitrogens with one attached hydrogen (secondary N) is 1. The standard InChI is InChI=1S/C15H18ClNO4/c1-21-15(20)9-2-5-11(6-3-9)17-14(19)12-7-4-10(16)8-13(12)18/h4,7-9,11,18H,2-3,5-6H2,1H3,(H,17,19). The molecule has 0 atom stereocenters. The van der Waals surface area contributed by atoms with Gasteiger partial charge in [-0.1, -0.05) is 11.6 Å². The number of phenols is 1. The fourth-order valence-corrected chi connectivity index (χ4v) is 2.77. The Morgan fingerprint density at radius 1 is 1.29 bits per heavy atom. The van der Waals surface area contributed by atoms with Gasteiger partial charge in [0, 0.05) is 11.1 Å². The second-order valence-electron chi connectivity index (χ2n) is 5.21. The molecule has 0 saturated heterocycles. The van der Waals surface area contributed by atoms with Crippen LogP contribution < -0.4 is 5.32 Å². The highest BCUT2D eigenvalue weighted by Crippen LogP contribution is 2.26. The molecule has 6 heteroatoms. The van der Waals surface area contributed by atoms with E-state index in [1.807, 2.05) is 0 Å².